The van der Waals surface area contributed by atoms with E-state index in [4.69, 9.17) is 60.8 Å². The summed E-state index contributed by atoms with van der Waals surface area (Å²) in [7, 11) is -5.10. The molecule has 0 radical (unpaired) electrons. The number of rotatable bonds is 8. The molecule has 34 heteroatoms. The van der Waals surface area contributed by atoms with Crippen LogP contribution in [-0.4, -0.2) is 212 Å². The molecule has 0 aliphatic carbocycles. The van der Waals surface area contributed by atoms with Crippen LogP contribution < -0.4 is 31.7 Å². The highest BCUT2D eigenvalue weighted by atomic mass is 31.2. The highest BCUT2D eigenvalue weighted by Gasteiger charge is 2.49. The predicted molar refractivity (Wildman–Crippen MR) is 194 cm³/mol. The quantitative estimate of drug-likeness (QED) is 0.0729. The molecule has 0 spiro atoms. The van der Waals surface area contributed by atoms with Crippen LogP contribution in [0.25, 0.3) is 22.3 Å². The summed E-state index contributed by atoms with van der Waals surface area (Å²) in [5, 5.41) is 123. The Labute approximate surface area is 354 Å². The standard InChI is InChI=1S/C10H12N5O6.C10H12N4O5.C5H11O7P.C5H10O5.H2O/c11-9-13-7-4(8(19)14-9)12-2-15(7)10(20)6(18)5(17)3(1-16)21-10;15-1-4-6(16)7(17)10(19-4)14-3-13-5-8(14)11-2-12-9(5)18;6-2-4-3(7)1-5(11-4)12-13(8,9)10;6-1-2-3(7)4(8)5(9)10-2;/h2-3,5-6,16-18H,1H2,(H3,11,13,14,19);2-4,6-7,10,15-17H,1H2,(H,11,12,18);3-7H,1-2H2,(H2,8,9,10);2-9H,1H2;1H2/q-1;;;;/p-2/t3-,5?,6?,10+;4-,6-,7-,10-;3-,4+,5+;2-,3-,4-,5?;/m1101./s1. The van der Waals surface area contributed by atoms with E-state index in [-0.39, 0.29) is 40.2 Å². The Kier molecular flexibility index (Phi) is 17.6. The number of phosphoric ester groups is 1. The van der Waals surface area contributed by atoms with Crippen LogP contribution in [0.1, 0.15) is 12.6 Å². The van der Waals surface area contributed by atoms with E-state index >= 15 is 0 Å². The molecule has 0 aromatic carbocycles. The Morgan fingerprint density at radius 1 is 0.781 bits per heavy atom. The van der Waals surface area contributed by atoms with Crippen molar-refractivity contribution in [3.63, 3.8) is 0 Å². The van der Waals surface area contributed by atoms with Crippen LogP contribution in [0.2, 0.25) is 0 Å². The summed E-state index contributed by atoms with van der Waals surface area (Å²) in [4.78, 5) is 63.4. The molecule has 33 nitrogen and oxygen atoms in total. The molecule has 4 aromatic heterocycles. The first-order valence-electron chi connectivity index (χ1n) is 18.2. The average Bonchev–Trinajstić information content (AvgIpc) is 4.08. The van der Waals surface area contributed by atoms with Gasteiger partial charge in [0.2, 0.25) is 5.95 Å². The van der Waals surface area contributed by atoms with Crippen LogP contribution in [0.4, 0.5) is 5.95 Å². The molecule has 4 aromatic rings. The number of nitrogen functional groups attached to an aromatic ring is 1. The van der Waals surface area contributed by atoms with Gasteiger partial charge in [-0.2, -0.15) is 4.98 Å². The second-order valence-corrected chi connectivity index (χ2v) is 14.9. The topological polar surface area (TPSA) is 560 Å². The maximum Gasteiger partial charge on any atom is 0.280 e. The van der Waals surface area contributed by atoms with Gasteiger partial charge in [-0.25, -0.2) is 15.0 Å². The third-order valence-electron chi connectivity index (χ3n) is 9.63. The van der Waals surface area contributed by atoms with Crippen molar-refractivity contribution in [2.75, 3.05) is 32.2 Å². The zero-order chi connectivity index (χ0) is 46.7. The number of nitrogens with one attached hydrogen (secondary N) is 2. The van der Waals surface area contributed by atoms with Crippen molar-refractivity contribution in [1.82, 2.24) is 39.0 Å². The van der Waals surface area contributed by atoms with Gasteiger partial charge in [0.05, 0.1) is 59.3 Å². The molecule has 4 aliphatic heterocycles. The number of aliphatic hydroxyl groups is 12. The number of hydrogen-bond donors (Lipinski definition) is 15. The summed E-state index contributed by atoms with van der Waals surface area (Å²) in [6.45, 7) is -1.95. The molecule has 8 heterocycles. The van der Waals surface area contributed by atoms with Gasteiger partial charge in [-0.05, 0) is 0 Å². The largest absolute Gasteiger partial charge is 0.809 e. The van der Waals surface area contributed by atoms with Gasteiger partial charge in [-0.1, -0.05) is 0 Å². The van der Waals surface area contributed by atoms with E-state index in [1.807, 2.05) is 0 Å². The summed E-state index contributed by atoms with van der Waals surface area (Å²) in [5.41, 5.74) is 4.32. The second kappa shape index (κ2) is 21.5. The molecule has 15 atom stereocenters. The van der Waals surface area contributed by atoms with E-state index in [1.165, 1.54) is 17.2 Å². The van der Waals surface area contributed by atoms with E-state index < -0.39 is 137 Å². The van der Waals surface area contributed by atoms with Gasteiger partial charge in [-0.15, -0.1) is 0 Å². The number of aliphatic hydroxyl groups excluding tert-OH is 12. The second-order valence-electron chi connectivity index (χ2n) is 13.8. The average molecular weight is 947 g/mol. The van der Waals surface area contributed by atoms with Crippen molar-refractivity contribution in [2.45, 2.75) is 98.3 Å². The normalized spacial score (nSPS) is 34.7. The van der Waals surface area contributed by atoms with Crippen LogP contribution in [0, 0.1) is 0 Å². The minimum absolute atomic E-state index is 0. The van der Waals surface area contributed by atoms with E-state index in [2.05, 4.69) is 39.2 Å². The summed E-state index contributed by atoms with van der Waals surface area (Å²) in [5.74, 6) is -2.93. The van der Waals surface area contributed by atoms with Gasteiger partial charge in [-0.3, -0.25) is 23.7 Å². The number of H-pyrrole nitrogens is 2. The molecular weight excluding hydrogens is 901 g/mol. The highest BCUT2D eigenvalue weighted by molar-refractivity contribution is 7.43. The number of anilines is 1. The third-order valence-corrected chi connectivity index (χ3v) is 10.1. The molecule has 362 valence electrons. The van der Waals surface area contributed by atoms with E-state index in [0.29, 0.717) is 0 Å². The first-order chi connectivity index (χ1) is 29.6. The number of nitrogens with two attached hydrogens (primary N) is 1. The fourth-order valence-corrected chi connectivity index (χ4v) is 6.80. The van der Waals surface area contributed by atoms with Crippen molar-refractivity contribution in [3.05, 3.63) is 39.7 Å². The van der Waals surface area contributed by atoms with Crippen molar-refractivity contribution in [2.24, 2.45) is 0 Å². The molecular formula is C30H45N9O24P-3. The van der Waals surface area contributed by atoms with Crippen LogP contribution in [-0.2, 0) is 33.9 Å². The summed E-state index contributed by atoms with van der Waals surface area (Å²) in [6, 6.07) is 0. The molecule has 0 bridgehead atoms. The summed E-state index contributed by atoms with van der Waals surface area (Å²) >= 11 is 0. The van der Waals surface area contributed by atoms with Crippen molar-refractivity contribution < 1.29 is 110 Å². The molecule has 4 aliphatic rings. The molecule has 8 rings (SSSR count). The fraction of sp³-hybridized carbons (Fsp3) is 0.667. The third kappa shape index (κ3) is 11.1. The molecule has 18 N–H and O–H groups in total. The van der Waals surface area contributed by atoms with Gasteiger partial charge in [0.1, 0.15) is 67.0 Å². The molecule has 0 amide bonds. The minimum atomic E-state index is -5.10. The summed E-state index contributed by atoms with van der Waals surface area (Å²) in [6.07, 6.45) is -13.7. The van der Waals surface area contributed by atoms with Crippen LogP contribution in [0.5, 0.6) is 0 Å². The summed E-state index contributed by atoms with van der Waals surface area (Å²) < 4.78 is 35.8. The molecule has 4 fully saturated rings. The Bertz CT molecular complexity index is 2290. The lowest BCUT2D eigenvalue weighted by molar-refractivity contribution is -0.605. The lowest BCUT2D eigenvalue weighted by Crippen LogP contribution is -2.55. The number of fused-ring (bicyclic) bond motifs is 2. The molecule has 4 saturated heterocycles. The number of aromatic nitrogens is 8. The Morgan fingerprint density at radius 3 is 1.88 bits per heavy atom. The van der Waals surface area contributed by atoms with Crippen molar-refractivity contribution >= 4 is 36.1 Å². The maximum atomic E-state index is 12.7. The number of phosphoric acid groups is 1. The highest BCUT2D eigenvalue weighted by Crippen LogP contribution is 2.34. The SMILES string of the molecule is Nc1nc2c(ncn2[C@@]2([O-])O[C@H](CO)C(O)C2O)c(=O)[nH]1.O.O=P([O-])([O-])O[C@@H]1C[C@H](O)[C@@H](CO)O1.O=c1[nH]cnc2c1ncn2[C@@H]1O[C@H](CO)[C@@H](O)[C@H]1O.OC[C@H]1OC(O)[C@H](O)[C@@H]1O. The Hall–Kier alpha value is -4.11. The van der Waals surface area contributed by atoms with Crippen LogP contribution in [0.15, 0.2) is 28.6 Å². The maximum absolute atomic E-state index is 12.7. The number of nitrogens with zero attached hydrogens (tertiary/aromatic N) is 6. The minimum Gasteiger partial charge on any atom is -0.809 e. The predicted octanol–water partition coefficient (Wildman–Crippen LogP) is -12.6. The zero-order valence-electron chi connectivity index (χ0n) is 32.4. The lowest BCUT2D eigenvalue weighted by Gasteiger charge is -2.39. The first kappa shape index (κ1) is 52.5. The first-order valence-corrected chi connectivity index (χ1v) is 19.6. The van der Waals surface area contributed by atoms with Crippen molar-refractivity contribution in [1.29, 1.82) is 0 Å². The van der Waals surface area contributed by atoms with Gasteiger partial charge in [0.25, 0.3) is 11.1 Å². The fourth-order valence-electron chi connectivity index (χ4n) is 6.38. The molecule has 64 heavy (non-hydrogen) atoms. The van der Waals surface area contributed by atoms with Gasteiger partial charge < -0.3 is 120 Å². The van der Waals surface area contributed by atoms with Crippen LogP contribution >= 0.6 is 7.82 Å². The number of ether oxygens (including phenoxy) is 4. The smallest absolute Gasteiger partial charge is 0.280 e. The number of imidazole rings is 2. The van der Waals surface area contributed by atoms with Crippen molar-refractivity contribution in [3.8, 4) is 0 Å². The van der Waals surface area contributed by atoms with Crippen LogP contribution in [0.3, 0.4) is 0 Å². The van der Waals surface area contributed by atoms with E-state index in [0.717, 1.165) is 10.9 Å². The van der Waals surface area contributed by atoms with E-state index in [1.54, 1.807) is 0 Å². The lowest BCUT2D eigenvalue weighted by atomic mass is 10.1. The van der Waals surface area contributed by atoms with Gasteiger partial charge in [0.15, 0.2) is 41.1 Å². The molecule has 3 unspecified atom stereocenters. The van der Waals surface area contributed by atoms with Gasteiger partial charge in [0, 0.05) is 6.42 Å². The van der Waals surface area contributed by atoms with E-state index in [9.17, 15) is 49.5 Å². The monoisotopic (exact) mass is 946 g/mol. The Morgan fingerprint density at radius 2 is 1.36 bits per heavy atom. The van der Waals surface area contributed by atoms with Gasteiger partial charge >= 0.3 is 0 Å². The zero-order valence-corrected chi connectivity index (χ0v) is 33.3. The Balaban J connectivity index is 0.000000193. The molecule has 0 saturated carbocycles. The number of hydrogen-bond acceptors (Lipinski definition) is 28. The number of aromatic amines is 2.